The second-order valence-corrected chi connectivity index (χ2v) is 8.66. The number of imidazole rings is 1. The van der Waals surface area contributed by atoms with Crippen LogP contribution < -0.4 is 10.6 Å². The summed E-state index contributed by atoms with van der Waals surface area (Å²) in [4.78, 5) is 11.9. The minimum Gasteiger partial charge on any atom is -0.379 e. The molecular weight excluding hydrogens is 378 g/mol. The molecule has 4 aromatic rings. The Balaban J connectivity index is 1.39. The summed E-state index contributed by atoms with van der Waals surface area (Å²) < 4.78 is 7.83. The Bertz CT molecular complexity index is 1230. The highest BCUT2D eigenvalue weighted by Crippen LogP contribution is 2.40. The average molecular weight is 403 g/mol. The van der Waals surface area contributed by atoms with Crippen LogP contribution in [0.3, 0.4) is 0 Å². The molecule has 2 aliphatic heterocycles. The number of nitrogens with one attached hydrogen (secondary N) is 1. The number of aromatic nitrogens is 5. The molecule has 1 atom stereocenters. The van der Waals surface area contributed by atoms with Crippen molar-refractivity contribution in [1.82, 2.24) is 24.6 Å². The van der Waals surface area contributed by atoms with Crippen LogP contribution >= 0.6 is 0 Å². The zero-order valence-corrected chi connectivity index (χ0v) is 17.0. The van der Waals surface area contributed by atoms with Crippen molar-refractivity contribution in [3.05, 3.63) is 42.6 Å². The van der Waals surface area contributed by atoms with Gasteiger partial charge in [-0.25, -0.2) is 9.97 Å². The number of H-pyrrole nitrogens is 1. The van der Waals surface area contributed by atoms with E-state index in [1.807, 2.05) is 18.7 Å². The zero-order valence-electron chi connectivity index (χ0n) is 17.0. The average Bonchev–Trinajstić information content (AvgIpc) is 3.49. The largest absolute Gasteiger partial charge is 0.379 e. The summed E-state index contributed by atoms with van der Waals surface area (Å²) >= 11 is 0. The van der Waals surface area contributed by atoms with Crippen LogP contribution in [0.5, 0.6) is 0 Å². The summed E-state index contributed by atoms with van der Waals surface area (Å²) in [6.45, 7) is 5.40. The second kappa shape index (κ2) is 6.52. The predicted molar refractivity (Wildman–Crippen MR) is 115 cm³/mol. The molecule has 0 radical (unpaired) electrons. The molecule has 8 nitrogen and oxygen atoms in total. The minimum atomic E-state index is 0.126. The molecule has 30 heavy (non-hydrogen) atoms. The van der Waals surface area contributed by atoms with Crippen molar-refractivity contribution in [2.75, 3.05) is 31.2 Å². The van der Waals surface area contributed by atoms with E-state index in [0.29, 0.717) is 6.61 Å². The molecule has 0 unspecified atom stereocenters. The van der Waals surface area contributed by atoms with E-state index in [1.165, 1.54) is 0 Å². The summed E-state index contributed by atoms with van der Waals surface area (Å²) in [7, 11) is 0. The summed E-state index contributed by atoms with van der Waals surface area (Å²) in [5.41, 5.74) is 11.7. The summed E-state index contributed by atoms with van der Waals surface area (Å²) in [6.07, 6.45) is 7.70. The van der Waals surface area contributed by atoms with Gasteiger partial charge < -0.3 is 15.4 Å². The van der Waals surface area contributed by atoms with Gasteiger partial charge in [0, 0.05) is 35.5 Å². The van der Waals surface area contributed by atoms with E-state index >= 15 is 0 Å². The van der Waals surface area contributed by atoms with Crippen molar-refractivity contribution >= 4 is 22.2 Å². The Kier molecular flexibility index (Phi) is 3.88. The highest BCUT2D eigenvalue weighted by molar-refractivity contribution is 5.85. The number of hydrogen-bond donors (Lipinski definition) is 2. The number of anilines is 1. The van der Waals surface area contributed by atoms with Crippen LogP contribution in [0.25, 0.3) is 27.7 Å². The Morgan fingerprint density at radius 1 is 1.23 bits per heavy atom. The fraction of sp³-hybridized carbons (Fsp3) is 0.409. The first-order chi connectivity index (χ1) is 14.6. The summed E-state index contributed by atoms with van der Waals surface area (Å²) in [6, 6.07) is 6.47. The normalized spacial score (nSPS) is 21.3. The Morgan fingerprint density at radius 2 is 2.10 bits per heavy atom. The molecule has 8 heteroatoms. The fourth-order valence-corrected chi connectivity index (χ4v) is 5.10. The molecule has 0 aliphatic carbocycles. The number of hydrogen-bond acceptors (Lipinski definition) is 6. The Morgan fingerprint density at radius 3 is 2.90 bits per heavy atom. The van der Waals surface area contributed by atoms with E-state index in [1.54, 1.807) is 0 Å². The van der Waals surface area contributed by atoms with Crippen LogP contribution in [0.15, 0.2) is 36.9 Å². The summed E-state index contributed by atoms with van der Waals surface area (Å²) in [5, 5.41) is 8.29. The van der Waals surface area contributed by atoms with Crippen LogP contribution in [-0.2, 0) is 4.74 Å². The van der Waals surface area contributed by atoms with Crippen molar-refractivity contribution in [1.29, 1.82) is 0 Å². The van der Waals surface area contributed by atoms with E-state index in [0.717, 1.165) is 71.7 Å². The van der Waals surface area contributed by atoms with Crippen LogP contribution in [-0.4, -0.2) is 56.9 Å². The molecule has 2 saturated heterocycles. The van der Waals surface area contributed by atoms with Gasteiger partial charge in [0.2, 0.25) is 0 Å². The molecule has 1 spiro atoms. The molecule has 5 heterocycles. The molecule has 1 aromatic carbocycles. The number of fused-ring (bicyclic) bond motifs is 2. The van der Waals surface area contributed by atoms with E-state index in [4.69, 9.17) is 15.5 Å². The van der Waals surface area contributed by atoms with Gasteiger partial charge in [-0.2, -0.15) is 5.10 Å². The van der Waals surface area contributed by atoms with Gasteiger partial charge in [0.05, 0.1) is 48.8 Å². The third-order valence-corrected chi connectivity index (χ3v) is 6.97. The van der Waals surface area contributed by atoms with Crippen LogP contribution in [0.4, 0.5) is 5.82 Å². The monoisotopic (exact) mass is 403 g/mol. The van der Waals surface area contributed by atoms with E-state index in [-0.39, 0.29) is 11.5 Å². The lowest BCUT2D eigenvalue weighted by Crippen LogP contribution is -2.49. The Hall–Kier alpha value is -2.97. The molecule has 0 bridgehead atoms. The smallest absolute Gasteiger partial charge is 0.154 e. The van der Waals surface area contributed by atoms with E-state index in [2.05, 4.69) is 49.6 Å². The van der Waals surface area contributed by atoms with Gasteiger partial charge in [-0.1, -0.05) is 12.1 Å². The molecule has 3 N–H and O–H groups in total. The van der Waals surface area contributed by atoms with Gasteiger partial charge in [0.1, 0.15) is 5.52 Å². The van der Waals surface area contributed by atoms with Gasteiger partial charge >= 0.3 is 0 Å². The molecule has 2 fully saturated rings. The van der Waals surface area contributed by atoms with Crippen molar-refractivity contribution < 1.29 is 4.74 Å². The van der Waals surface area contributed by atoms with Gasteiger partial charge in [0.25, 0.3) is 0 Å². The lowest BCUT2D eigenvalue weighted by molar-refractivity contribution is 0.132. The SMILES string of the molecule is Cc1nc(N2CCC3(CC2)COC[C@H]3N)c2cncn2c1-c1ccc2cn[nH]c2c1. The van der Waals surface area contributed by atoms with E-state index in [9.17, 15) is 0 Å². The van der Waals surface area contributed by atoms with Crippen LogP contribution in [0, 0.1) is 12.3 Å². The topological polar surface area (TPSA) is 97.4 Å². The fourth-order valence-electron chi connectivity index (χ4n) is 5.10. The predicted octanol–water partition coefficient (Wildman–Crippen LogP) is 2.53. The maximum absolute atomic E-state index is 6.36. The number of aryl methyl sites for hydroxylation is 1. The van der Waals surface area contributed by atoms with Gasteiger partial charge in [-0.15, -0.1) is 0 Å². The Labute approximate surface area is 174 Å². The molecule has 3 aromatic heterocycles. The van der Waals surface area contributed by atoms with Gasteiger partial charge in [-0.05, 0) is 25.8 Å². The van der Waals surface area contributed by atoms with E-state index < -0.39 is 0 Å². The maximum atomic E-state index is 6.36. The number of piperidine rings is 1. The lowest BCUT2D eigenvalue weighted by atomic mass is 9.75. The maximum Gasteiger partial charge on any atom is 0.154 e. The molecule has 154 valence electrons. The molecular formula is C22H25N7O. The zero-order chi connectivity index (χ0) is 20.3. The first kappa shape index (κ1) is 17.9. The van der Waals surface area contributed by atoms with Crippen molar-refractivity contribution in [3.8, 4) is 11.3 Å². The number of rotatable bonds is 2. The van der Waals surface area contributed by atoms with Crippen molar-refractivity contribution in [3.63, 3.8) is 0 Å². The first-order valence-electron chi connectivity index (χ1n) is 10.5. The highest BCUT2D eigenvalue weighted by atomic mass is 16.5. The number of aromatic amines is 1. The molecule has 0 saturated carbocycles. The first-order valence-corrected chi connectivity index (χ1v) is 10.5. The number of benzene rings is 1. The van der Waals surface area contributed by atoms with Crippen LogP contribution in [0.1, 0.15) is 18.5 Å². The third-order valence-electron chi connectivity index (χ3n) is 6.97. The third kappa shape index (κ3) is 2.57. The standard InChI is InChI=1S/C22H25N7O/c1-14-20(15-2-3-16-9-25-27-17(16)8-15)29-13-24-10-18(29)21(26-14)28-6-4-22(5-7-28)12-30-11-19(22)23/h2-3,8-10,13,19H,4-7,11-12,23H2,1H3,(H,25,27)/t19-/m1/s1. The van der Waals surface area contributed by atoms with Crippen LogP contribution in [0.2, 0.25) is 0 Å². The van der Waals surface area contributed by atoms with Gasteiger partial charge in [0.15, 0.2) is 5.82 Å². The quantitative estimate of drug-likeness (QED) is 0.534. The summed E-state index contributed by atoms with van der Waals surface area (Å²) in [5.74, 6) is 0.999. The minimum absolute atomic E-state index is 0.126. The van der Waals surface area contributed by atoms with Gasteiger partial charge in [-0.3, -0.25) is 9.50 Å². The molecule has 2 aliphatic rings. The lowest BCUT2D eigenvalue weighted by Gasteiger charge is -2.41. The number of ether oxygens (including phenoxy) is 1. The second-order valence-electron chi connectivity index (χ2n) is 8.66. The number of nitrogens with two attached hydrogens (primary N) is 1. The van der Waals surface area contributed by atoms with Crippen molar-refractivity contribution in [2.24, 2.45) is 11.1 Å². The number of nitrogens with zero attached hydrogens (tertiary/aromatic N) is 5. The molecule has 0 amide bonds. The molecule has 6 rings (SSSR count). The highest BCUT2D eigenvalue weighted by Gasteiger charge is 2.44. The van der Waals surface area contributed by atoms with Crippen molar-refractivity contribution in [2.45, 2.75) is 25.8 Å².